The lowest BCUT2D eigenvalue weighted by molar-refractivity contribution is -0.142. The molecule has 7 amide bonds. The fourth-order valence-electron chi connectivity index (χ4n) is 4.73. The lowest BCUT2D eigenvalue weighted by atomic mass is 9.96. The number of aromatic amines is 1. The molecule has 2 rings (SSSR count). The number of H-pyrrole nitrogens is 1. The van der Waals surface area contributed by atoms with Crippen molar-refractivity contribution in [3.8, 4) is 5.75 Å². The van der Waals surface area contributed by atoms with Crippen molar-refractivity contribution >= 4 is 47.3 Å². The number of carboxylic acids is 1. The van der Waals surface area contributed by atoms with Gasteiger partial charge in [-0.2, -0.15) is 0 Å². The van der Waals surface area contributed by atoms with Gasteiger partial charge in [0.05, 0.1) is 25.7 Å². The van der Waals surface area contributed by atoms with Crippen LogP contribution in [0, 0.1) is 5.92 Å². The van der Waals surface area contributed by atoms with E-state index in [1.165, 1.54) is 36.8 Å². The number of nitrogens with two attached hydrogens (primary N) is 3. The molecule has 0 fully saturated rings. The number of carbonyl (C=O) groups excluding carboxylic acids is 7. The summed E-state index contributed by atoms with van der Waals surface area (Å²) in [5.74, 6) is -8.58. The molecule has 0 saturated carbocycles. The van der Waals surface area contributed by atoms with Gasteiger partial charge < -0.3 is 59.0 Å². The number of phenols is 1. The fourth-order valence-corrected chi connectivity index (χ4v) is 4.73. The summed E-state index contributed by atoms with van der Waals surface area (Å²) in [5, 5.41) is 31.2. The minimum atomic E-state index is -1.68. The molecule has 2 aromatic rings. The average Bonchev–Trinajstić information content (AvgIpc) is 3.59. The van der Waals surface area contributed by atoms with E-state index >= 15 is 0 Å². The van der Waals surface area contributed by atoms with Crippen molar-refractivity contribution in [2.45, 2.75) is 76.2 Å². The fraction of sp³-hybridized carbons (Fsp3) is 0.452. The number of rotatable bonds is 21. The van der Waals surface area contributed by atoms with E-state index in [9.17, 15) is 48.6 Å². The Morgan fingerprint density at radius 2 is 1.29 bits per heavy atom. The molecular formula is C31H44N10O10. The van der Waals surface area contributed by atoms with Crippen molar-refractivity contribution in [1.82, 2.24) is 36.6 Å². The predicted molar refractivity (Wildman–Crippen MR) is 178 cm³/mol. The third-order valence-electron chi connectivity index (χ3n) is 7.68. The number of aromatic hydroxyl groups is 1. The van der Waals surface area contributed by atoms with Crippen LogP contribution in [0.15, 0.2) is 36.8 Å². The zero-order valence-corrected chi connectivity index (χ0v) is 28.0. The quantitative estimate of drug-likeness (QED) is 0.0592. The van der Waals surface area contributed by atoms with Crippen LogP contribution in [0.4, 0.5) is 0 Å². The van der Waals surface area contributed by atoms with Gasteiger partial charge in [0.25, 0.3) is 0 Å². The number of carboxylic acid groups (broad SMARTS) is 1. The number of aliphatic carboxylic acids is 1. The number of phenolic OH excluding ortho intramolecular Hbond substituents is 1. The molecule has 0 spiro atoms. The topological polar surface area (TPSA) is 344 Å². The van der Waals surface area contributed by atoms with Crippen molar-refractivity contribution in [3.63, 3.8) is 0 Å². The summed E-state index contributed by atoms with van der Waals surface area (Å²) in [4.78, 5) is 108. The Labute approximate surface area is 292 Å². The molecule has 0 saturated heterocycles. The molecule has 278 valence electrons. The van der Waals surface area contributed by atoms with Gasteiger partial charge in [-0.1, -0.05) is 32.4 Å². The maximum atomic E-state index is 13.7. The smallest absolute Gasteiger partial charge is 0.326 e. The zero-order valence-electron chi connectivity index (χ0n) is 28.0. The van der Waals surface area contributed by atoms with Gasteiger partial charge in [0.2, 0.25) is 41.4 Å². The van der Waals surface area contributed by atoms with Crippen LogP contribution in [0.25, 0.3) is 0 Å². The third kappa shape index (κ3) is 13.8. The highest BCUT2D eigenvalue weighted by molar-refractivity contribution is 5.98. The molecule has 0 aliphatic heterocycles. The van der Waals surface area contributed by atoms with Crippen LogP contribution in [0.3, 0.4) is 0 Å². The summed E-state index contributed by atoms with van der Waals surface area (Å²) in [6, 6.07) is -1.86. The van der Waals surface area contributed by atoms with Gasteiger partial charge in [-0.15, -0.1) is 0 Å². The van der Waals surface area contributed by atoms with E-state index in [2.05, 4.69) is 36.6 Å². The molecule has 0 aliphatic carbocycles. The number of carbonyl (C=O) groups is 8. The van der Waals surface area contributed by atoms with Gasteiger partial charge in [0, 0.05) is 24.7 Å². The van der Waals surface area contributed by atoms with Crippen molar-refractivity contribution < 1.29 is 48.6 Å². The summed E-state index contributed by atoms with van der Waals surface area (Å²) in [5.41, 5.74) is 16.7. The van der Waals surface area contributed by atoms with Gasteiger partial charge in [-0.3, -0.25) is 33.6 Å². The molecule has 0 unspecified atom stereocenters. The monoisotopic (exact) mass is 716 g/mol. The summed E-state index contributed by atoms with van der Waals surface area (Å²) in [6.45, 7) is 2.86. The van der Waals surface area contributed by atoms with Gasteiger partial charge in [-0.05, 0) is 23.6 Å². The van der Waals surface area contributed by atoms with Crippen LogP contribution < -0.4 is 43.8 Å². The molecule has 20 heteroatoms. The Balaban J connectivity index is 2.33. The number of hydrogen-bond donors (Lipinski definition) is 11. The minimum absolute atomic E-state index is 0.0585. The van der Waals surface area contributed by atoms with Gasteiger partial charge in [0.1, 0.15) is 36.0 Å². The van der Waals surface area contributed by atoms with Crippen molar-refractivity contribution in [2.24, 2.45) is 23.1 Å². The zero-order chi connectivity index (χ0) is 38.2. The van der Waals surface area contributed by atoms with Gasteiger partial charge >= 0.3 is 5.97 Å². The standard InChI is InChI=1S/C31H44N10O10/c1-3-15(2)26(41-29(48)20(10-23(33)43)37-25(45)12-32)30(49)39-19(9-17-13-35-14-36-17)27(46)38-21(11-24(34)44)28(47)40-22(31(50)51)8-16-4-6-18(42)7-5-16/h4-7,13-15,19-22,26,42H,3,8-12,32H2,1-2H3,(H2,33,43)(H2,34,44)(H,35,36)(H,37,45)(H,38,46)(H,39,49)(H,40,47)(H,41,48)(H,50,51)/t15-,19-,20-,21-,22-,26-/m0/s1. The minimum Gasteiger partial charge on any atom is -0.508 e. The number of amides is 7. The highest BCUT2D eigenvalue weighted by atomic mass is 16.4. The summed E-state index contributed by atoms with van der Waals surface area (Å²) in [7, 11) is 0. The number of imidazole rings is 1. The number of nitrogens with one attached hydrogen (secondary N) is 6. The average molecular weight is 717 g/mol. The maximum absolute atomic E-state index is 13.7. The van der Waals surface area contributed by atoms with Crippen LogP contribution in [-0.4, -0.2) is 104 Å². The van der Waals surface area contributed by atoms with Crippen molar-refractivity contribution in [3.05, 3.63) is 48.0 Å². The Kier molecular flexibility index (Phi) is 16.0. The number of aromatic nitrogens is 2. The first-order chi connectivity index (χ1) is 24.0. The molecule has 0 bridgehead atoms. The number of primary amides is 2. The second kappa shape index (κ2) is 19.8. The van der Waals surface area contributed by atoms with Crippen molar-refractivity contribution in [1.29, 1.82) is 0 Å². The molecule has 0 radical (unpaired) electrons. The third-order valence-corrected chi connectivity index (χ3v) is 7.68. The first kappa shape index (κ1) is 41.1. The van der Waals surface area contributed by atoms with E-state index in [0.29, 0.717) is 17.7 Å². The van der Waals surface area contributed by atoms with Gasteiger partial charge in [0.15, 0.2) is 0 Å². The molecule has 6 atom stereocenters. The number of benzene rings is 1. The first-order valence-corrected chi connectivity index (χ1v) is 15.8. The second-order valence-electron chi connectivity index (χ2n) is 11.7. The van der Waals surface area contributed by atoms with Crippen LogP contribution in [0.1, 0.15) is 44.4 Å². The van der Waals surface area contributed by atoms with Gasteiger partial charge in [-0.25, -0.2) is 9.78 Å². The van der Waals surface area contributed by atoms with E-state index in [4.69, 9.17) is 17.2 Å². The van der Waals surface area contributed by atoms with E-state index < -0.39 is 103 Å². The first-order valence-electron chi connectivity index (χ1n) is 15.8. The van der Waals surface area contributed by atoms with Crippen LogP contribution >= 0.6 is 0 Å². The van der Waals surface area contributed by atoms with E-state index in [-0.39, 0.29) is 18.6 Å². The SMILES string of the molecule is CC[C@H](C)[C@H](NC(=O)[C@H](CC(N)=O)NC(=O)CN)C(=O)N[C@@H](Cc1cnc[nH]1)C(=O)N[C@@H](CC(N)=O)C(=O)N[C@@H](Cc1ccc(O)cc1)C(=O)O. The normalized spacial score (nSPS) is 14.3. The van der Waals surface area contributed by atoms with Crippen LogP contribution in [0.5, 0.6) is 5.75 Å². The van der Waals surface area contributed by atoms with E-state index in [0.717, 1.165) is 0 Å². The largest absolute Gasteiger partial charge is 0.508 e. The molecular weight excluding hydrogens is 672 g/mol. The van der Waals surface area contributed by atoms with Crippen LogP contribution in [0.2, 0.25) is 0 Å². The summed E-state index contributed by atoms with van der Waals surface area (Å²) < 4.78 is 0. The highest BCUT2D eigenvalue weighted by Gasteiger charge is 2.35. The Morgan fingerprint density at radius 3 is 1.80 bits per heavy atom. The molecule has 14 N–H and O–H groups in total. The van der Waals surface area contributed by atoms with Crippen LogP contribution in [-0.2, 0) is 51.2 Å². The molecule has 0 aliphatic rings. The lowest BCUT2D eigenvalue weighted by Crippen LogP contribution is -2.61. The van der Waals surface area contributed by atoms with E-state index in [1.807, 2.05) is 0 Å². The molecule has 1 aromatic heterocycles. The Morgan fingerprint density at radius 1 is 0.765 bits per heavy atom. The lowest BCUT2D eigenvalue weighted by Gasteiger charge is -2.28. The predicted octanol–water partition coefficient (Wildman–Crippen LogP) is -3.84. The molecule has 51 heavy (non-hydrogen) atoms. The molecule has 1 aromatic carbocycles. The maximum Gasteiger partial charge on any atom is 0.326 e. The number of hydrogen-bond acceptors (Lipinski definition) is 11. The molecule has 1 heterocycles. The summed E-state index contributed by atoms with van der Waals surface area (Å²) in [6.07, 6.45) is 1.25. The second-order valence-corrected chi connectivity index (χ2v) is 11.7. The Hall–Kier alpha value is -6.05. The summed E-state index contributed by atoms with van der Waals surface area (Å²) >= 11 is 0. The Bertz CT molecular complexity index is 1550. The molecule has 20 nitrogen and oxygen atoms in total. The van der Waals surface area contributed by atoms with E-state index in [1.54, 1.807) is 13.8 Å². The van der Waals surface area contributed by atoms with Crippen molar-refractivity contribution in [2.75, 3.05) is 6.54 Å². The highest BCUT2D eigenvalue weighted by Crippen LogP contribution is 2.13. The number of nitrogens with zero attached hydrogens (tertiary/aromatic N) is 1.